The molecular weight excluding hydrogens is 410 g/mol. The molecule has 32 heavy (non-hydrogen) atoms. The Balaban J connectivity index is 1.60. The van der Waals surface area contributed by atoms with Crippen molar-refractivity contribution in [3.8, 4) is 0 Å². The van der Waals surface area contributed by atoms with Gasteiger partial charge in [0.15, 0.2) is 0 Å². The summed E-state index contributed by atoms with van der Waals surface area (Å²) >= 11 is 0. The van der Waals surface area contributed by atoms with Crippen LogP contribution < -0.4 is 0 Å². The summed E-state index contributed by atoms with van der Waals surface area (Å²) in [5.74, 6) is -0.676. The second kappa shape index (κ2) is 9.80. The van der Waals surface area contributed by atoms with E-state index in [0.29, 0.717) is 25.1 Å². The van der Waals surface area contributed by atoms with Gasteiger partial charge in [-0.15, -0.1) is 0 Å². The van der Waals surface area contributed by atoms with E-state index >= 15 is 0 Å². The minimum atomic E-state index is -0.344. The van der Waals surface area contributed by atoms with Gasteiger partial charge in [-0.25, -0.2) is 8.78 Å². The monoisotopic (exact) mass is 440 g/mol. The molecule has 0 N–H and O–H groups in total. The average molecular weight is 441 g/mol. The molecule has 2 aromatic carbocycles. The van der Waals surface area contributed by atoms with Crippen molar-refractivity contribution in [1.29, 1.82) is 0 Å². The second-order valence-electron chi connectivity index (χ2n) is 8.97. The maximum Gasteiger partial charge on any atom is 0.228 e. The number of likely N-dealkylation sites (tertiary alicyclic amines) is 1. The summed E-state index contributed by atoms with van der Waals surface area (Å²) < 4.78 is 27.4. The van der Waals surface area contributed by atoms with E-state index in [1.54, 1.807) is 23.1 Å². The zero-order valence-corrected chi connectivity index (χ0v) is 18.5. The van der Waals surface area contributed by atoms with Crippen molar-refractivity contribution in [1.82, 2.24) is 9.80 Å². The van der Waals surface area contributed by atoms with Crippen molar-refractivity contribution < 1.29 is 18.4 Å². The number of piperidine rings is 1. The standard InChI is InChI=1S/C26H30F2N2O2/c1-2-24(19-10-12-22(27)13-11-19)30(16-18-5-3-7-23(28)15-18)26(32)21-6-4-14-29(17-21)25(31)20-8-9-20/h3,5,7,10-13,15,20-21,24H,2,4,6,8-9,14,16-17H2,1H3. The van der Waals surface area contributed by atoms with Crippen molar-refractivity contribution in [2.24, 2.45) is 11.8 Å². The van der Waals surface area contributed by atoms with E-state index < -0.39 is 0 Å². The quantitative estimate of drug-likeness (QED) is 0.602. The number of hydrogen-bond donors (Lipinski definition) is 0. The molecule has 1 saturated carbocycles. The molecule has 2 atom stereocenters. The lowest BCUT2D eigenvalue weighted by molar-refractivity contribution is -0.144. The van der Waals surface area contributed by atoms with Gasteiger partial charge in [0.1, 0.15) is 11.6 Å². The van der Waals surface area contributed by atoms with Gasteiger partial charge in [0, 0.05) is 25.6 Å². The highest BCUT2D eigenvalue weighted by molar-refractivity contribution is 5.84. The van der Waals surface area contributed by atoms with Crippen LogP contribution in [0.2, 0.25) is 0 Å². The SMILES string of the molecule is CCC(c1ccc(F)cc1)N(Cc1cccc(F)c1)C(=O)C1CCCN(C(=O)C2CC2)C1. The average Bonchev–Trinajstić information content (AvgIpc) is 3.65. The van der Waals surface area contributed by atoms with Crippen molar-refractivity contribution in [3.05, 3.63) is 71.3 Å². The van der Waals surface area contributed by atoms with Gasteiger partial charge < -0.3 is 9.80 Å². The first-order valence-electron chi connectivity index (χ1n) is 11.6. The topological polar surface area (TPSA) is 40.6 Å². The van der Waals surface area contributed by atoms with Crippen LogP contribution in [0.25, 0.3) is 0 Å². The molecule has 1 saturated heterocycles. The zero-order valence-electron chi connectivity index (χ0n) is 18.5. The fraction of sp³-hybridized carbons (Fsp3) is 0.462. The Morgan fingerprint density at radius 3 is 2.44 bits per heavy atom. The first-order valence-corrected chi connectivity index (χ1v) is 11.6. The molecule has 4 rings (SSSR count). The second-order valence-corrected chi connectivity index (χ2v) is 8.97. The molecular formula is C26H30F2N2O2. The van der Waals surface area contributed by atoms with E-state index in [1.807, 2.05) is 17.9 Å². The van der Waals surface area contributed by atoms with E-state index in [1.165, 1.54) is 24.3 Å². The van der Waals surface area contributed by atoms with Gasteiger partial charge in [0.2, 0.25) is 11.8 Å². The Kier molecular flexibility index (Phi) is 6.87. The third kappa shape index (κ3) is 5.17. The van der Waals surface area contributed by atoms with Gasteiger partial charge in [0.25, 0.3) is 0 Å². The fourth-order valence-corrected chi connectivity index (χ4v) is 4.70. The molecule has 1 heterocycles. The van der Waals surface area contributed by atoms with E-state index in [0.717, 1.165) is 31.2 Å². The molecule has 170 valence electrons. The van der Waals surface area contributed by atoms with Gasteiger partial charge in [-0.1, -0.05) is 31.2 Å². The number of carbonyl (C=O) groups is 2. The van der Waals surface area contributed by atoms with E-state index in [9.17, 15) is 18.4 Å². The van der Waals surface area contributed by atoms with Crippen LogP contribution in [0.3, 0.4) is 0 Å². The van der Waals surface area contributed by atoms with E-state index in [2.05, 4.69) is 0 Å². The number of nitrogens with zero attached hydrogens (tertiary/aromatic N) is 2. The number of halogens is 2. The van der Waals surface area contributed by atoms with E-state index in [4.69, 9.17) is 0 Å². The van der Waals surface area contributed by atoms with Crippen molar-refractivity contribution in [2.75, 3.05) is 13.1 Å². The normalized spacial score (nSPS) is 19.5. The lowest BCUT2D eigenvalue weighted by atomic mass is 9.93. The smallest absolute Gasteiger partial charge is 0.228 e. The molecule has 0 spiro atoms. The predicted molar refractivity (Wildman–Crippen MR) is 118 cm³/mol. The molecule has 2 aliphatic rings. The third-order valence-corrected chi connectivity index (χ3v) is 6.55. The molecule has 0 aromatic heterocycles. The molecule has 0 radical (unpaired) electrons. The summed E-state index contributed by atoms with van der Waals surface area (Å²) in [7, 11) is 0. The summed E-state index contributed by atoms with van der Waals surface area (Å²) in [4.78, 5) is 30.0. The zero-order chi connectivity index (χ0) is 22.7. The lowest BCUT2D eigenvalue weighted by Gasteiger charge is -2.38. The number of rotatable bonds is 7. The maximum atomic E-state index is 13.9. The van der Waals surface area contributed by atoms with Gasteiger partial charge in [-0.05, 0) is 67.5 Å². The predicted octanol–water partition coefficient (Wildman–Crippen LogP) is 5.09. The van der Waals surface area contributed by atoms with Crippen molar-refractivity contribution >= 4 is 11.8 Å². The van der Waals surface area contributed by atoms with Crippen molar-refractivity contribution in [3.63, 3.8) is 0 Å². The van der Waals surface area contributed by atoms with Crippen LogP contribution in [0.15, 0.2) is 48.5 Å². The Labute approximate surface area is 188 Å². The van der Waals surface area contributed by atoms with Crippen LogP contribution in [0.1, 0.15) is 56.2 Å². The molecule has 2 amide bonds. The number of amides is 2. The van der Waals surface area contributed by atoms with E-state index in [-0.39, 0.29) is 47.9 Å². The van der Waals surface area contributed by atoms with Crippen LogP contribution in [0.4, 0.5) is 8.78 Å². The van der Waals surface area contributed by atoms with Crippen LogP contribution in [0, 0.1) is 23.5 Å². The summed E-state index contributed by atoms with van der Waals surface area (Å²) in [6, 6.07) is 12.2. The summed E-state index contributed by atoms with van der Waals surface area (Å²) in [5, 5.41) is 0. The minimum Gasteiger partial charge on any atom is -0.342 e. The summed E-state index contributed by atoms with van der Waals surface area (Å²) in [6.07, 6.45) is 4.07. The highest BCUT2D eigenvalue weighted by Gasteiger charge is 2.38. The minimum absolute atomic E-state index is 0.0290. The van der Waals surface area contributed by atoms with Crippen molar-refractivity contribution in [2.45, 2.75) is 51.6 Å². The Bertz CT molecular complexity index is 959. The summed E-state index contributed by atoms with van der Waals surface area (Å²) in [6.45, 7) is 3.40. The first kappa shape index (κ1) is 22.4. The van der Waals surface area contributed by atoms with Crippen LogP contribution in [0.5, 0.6) is 0 Å². The Morgan fingerprint density at radius 2 is 1.78 bits per heavy atom. The molecule has 2 unspecified atom stereocenters. The third-order valence-electron chi connectivity index (χ3n) is 6.55. The van der Waals surface area contributed by atoms with Gasteiger partial charge in [0.05, 0.1) is 12.0 Å². The largest absolute Gasteiger partial charge is 0.342 e. The summed E-state index contributed by atoms with van der Waals surface area (Å²) in [5.41, 5.74) is 1.56. The fourth-order valence-electron chi connectivity index (χ4n) is 4.70. The highest BCUT2D eigenvalue weighted by Crippen LogP contribution is 2.34. The van der Waals surface area contributed by atoms with Gasteiger partial charge in [-0.3, -0.25) is 9.59 Å². The molecule has 2 aromatic rings. The molecule has 1 aliphatic carbocycles. The number of hydrogen-bond acceptors (Lipinski definition) is 2. The highest BCUT2D eigenvalue weighted by atomic mass is 19.1. The Morgan fingerprint density at radius 1 is 1.03 bits per heavy atom. The van der Waals surface area contributed by atoms with Crippen LogP contribution in [-0.2, 0) is 16.1 Å². The van der Waals surface area contributed by atoms with Gasteiger partial charge in [-0.2, -0.15) is 0 Å². The van der Waals surface area contributed by atoms with Crippen LogP contribution in [-0.4, -0.2) is 34.7 Å². The lowest BCUT2D eigenvalue weighted by Crippen LogP contribution is -2.47. The molecule has 1 aliphatic heterocycles. The van der Waals surface area contributed by atoms with Gasteiger partial charge >= 0.3 is 0 Å². The maximum absolute atomic E-state index is 13.9. The molecule has 0 bridgehead atoms. The van der Waals surface area contributed by atoms with Crippen LogP contribution >= 0.6 is 0 Å². The number of benzene rings is 2. The Hall–Kier alpha value is -2.76. The molecule has 4 nitrogen and oxygen atoms in total. The molecule has 2 fully saturated rings. The molecule has 6 heteroatoms. The first-order chi connectivity index (χ1) is 15.5. The number of carbonyl (C=O) groups excluding carboxylic acids is 2.